The summed E-state index contributed by atoms with van der Waals surface area (Å²) < 4.78 is 0. The summed E-state index contributed by atoms with van der Waals surface area (Å²) in [7, 11) is 0. The highest BCUT2D eigenvalue weighted by Gasteiger charge is 2.04. The minimum atomic E-state index is 0.273. The Balaban J connectivity index is 3.16. The highest BCUT2D eigenvalue weighted by Crippen LogP contribution is 2.16. The van der Waals surface area contributed by atoms with Gasteiger partial charge in [-0.1, -0.05) is 174 Å². The van der Waals surface area contributed by atoms with Crippen LogP contribution >= 0.6 is 0 Å². The average Bonchev–Trinajstić information content (AvgIpc) is 2.93. The van der Waals surface area contributed by atoms with Crippen molar-refractivity contribution in [2.24, 2.45) is 0 Å². The molecule has 0 aromatic carbocycles. The Hall–Kier alpha value is -0.120. The van der Waals surface area contributed by atoms with Crippen molar-refractivity contribution < 1.29 is 10.2 Å². The number of aliphatic hydroxyl groups is 2. The molecule has 2 N–H and O–H groups in total. The van der Waals surface area contributed by atoms with Gasteiger partial charge in [0.05, 0.1) is 0 Å². The number of hydrogen-bond acceptors (Lipinski definition) is 3. The van der Waals surface area contributed by atoms with Crippen molar-refractivity contribution in [3.63, 3.8) is 0 Å². The summed E-state index contributed by atoms with van der Waals surface area (Å²) >= 11 is 0. The Morgan fingerprint density at radius 3 is 0.737 bits per heavy atom. The van der Waals surface area contributed by atoms with Gasteiger partial charge in [0.25, 0.3) is 0 Å². The normalized spacial score (nSPS) is 11.7. The first-order valence-electron chi connectivity index (χ1n) is 17.8. The van der Waals surface area contributed by atoms with Crippen molar-refractivity contribution in [1.82, 2.24) is 4.90 Å². The van der Waals surface area contributed by atoms with E-state index in [0.717, 1.165) is 32.5 Å². The second-order valence-corrected chi connectivity index (χ2v) is 12.2. The molecule has 0 fully saturated rings. The van der Waals surface area contributed by atoms with Crippen LogP contribution in [0.4, 0.5) is 0 Å². The molecule has 0 atom stereocenters. The Morgan fingerprint density at radius 1 is 0.289 bits per heavy atom. The molecule has 0 rings (SSSR count). The molecule has 0 aromatic heterocycles. The Labute approximate surface area is 240 Å². The van der Waals surface area contributed by atoms with Crippen LogP contribution in [0.1, 0.15) is 193 Å². The molecule has 3 heteroatoms. The lowest BCUT2D eigenvalue weighted by molar-refractivity contribution is 0.199. The van der Waals surface area contributed by atoms with E-state index >= 15 is 0 Å². The summed E-state index contributed by atoms with van der Waals surface area (Å²) in [5.74, 6) is 0. The van der Waals surface area contributed by atoms with Gasteiger partial charge in [-0.25, -0.2) is 0 Å². The molecule has 38 heavy (non-hydrogen) atoms. The third kappa shape index (κ3) is 32.1. The highest BCUT2D eigenvalue weighted by atomic mass is 16.3. The SMILES string of the molecule is CCCCCCCCCCCCCCCCCCCCCCCCCCCCCN(CCCO)CCCO. The fourth-order valence-electron chi connectivity index (χ4n) is 5.75. The van der Waals surface area contributed by atoms with Crippen LogP contribution in [0, 0.1) is 0 Å². The van der Waals surface area contributed by atoms with Gasteiger partial charge in [-0.15, -0.1) is 0 Å². The summed E-state index contributed by atoms with van der Waals surface area (Å²) in [6.07, 6.45) is 40.6. The van der Waals surface area contributed by atoms with Gasteiger partial charge in [0.1, 0.15) is 0 Å². The zero-order chi connectivity index (χ0) is 27.6. The van der Waals surface area contributed by atoms with E-state index in [1.54, 1.807) is 0 Å². The maximum Gasteiger partial charge on any atom is 0.0443 e. The monoisotopic (exact) mass is 540 g/mol. The lowest BCUT2D eigenvalue weighted by Gasteiger charge is -2.21. The maximum atomic E-state index is 9.04. The van der Waals surface area contributed by atoms with Crippen molar-refractivity contribution in [2.75, 3.05) is 32.8 Å². The summed E-state index contributed by atoms with van der Waals surface area (Å²) in [5.41, 5.74) is 0. The van der Waals surface area contributed by atoms with E-state index in [1.165, 1.54) is 173 Å². The van der Waals surface area contributed by atoms with E-state index in [2.05, 4.69) is 11.8 Å². The minimum Gasteiger partial charge on any atom is -0.396 e. The van der Waals surface area contributed by atoms with E-state index in [0.29, 0.717) is 0 Å². The third-order valence-corrected chi connectivity index (χ3v) is 8.34. The van der Waals surface area contributed by atoms with Crippen LogP contribution in [0.3, 0.4) is 0 Å². The molecule has 0 amide bonds. The van der Waals surface area contributed by atoms with Crippen molar-refractivity contribution >= 4 is 0 Å². The van der Waals surface area contributed by atoms with Crippen LogP contribution in [0.2, 0.25) is 0 Å². The van der Waals surface area contributed by atoms with Crippen LogP contribution in [0.5, 0.6) is 0 Å². The van der Waals surface area contributed by atoms with Gasteiger partial charge in [-0.05, 0) is 25.8 Å². The molecule has 0 saturated carbocycles. The molecule has 0 bridgehead atoms. The van der Waals surface area contributed by atoms with E-state index in [-0.39, 0.29) is 13.2 Å². The first kappa shape index (κ1) is 37.9. The van der Waals surface area contributed by atoms with E-state index in [1.807, 2.05) is 0 Å². The highest BCUT2D eigenvalue weighted by molar-refractivity contribution is 4.59. The number of hydrogen-bond donors (Lipinski definition) is 2. The van der Waals surface area contributed by atoms with Crippen LogP contribution in [-0.4, -0.2) is 48.0 Å². The standard InChI is InChI=1S/C35H73NO2/c1-2-3-4-5-6-7-8-9-10-11-12-13-14-15-16-17-18-19-20-21-22-23-24-25-26-27-28-31-36(32-29-34-37)33-30-35-38/h37-38H,2-35H2,1H3. The number of rotatable bonds is 34. The zero-order valence-electron chi connectivity index (χ0n) is 26.4. The fourth-order valence-corrected chi connectivity index (χ4v) is 5.75. The Morgan fingerprint density at radius 2 is 0.500 bits per heavy atom. The molecular formula is C35H73NO2. The molecule has 0 heterocycles. The number of aliphatic hydroxyl groups excluding tert-OH is 2. The van der Waals surface area contributed by atoms with E-state index in [4.69, 9.17) is 10.2 Å². The summed E-state index contributed by atoms with van der Waals surface area (Å²) in [6.45, 7) is 5.91. The van der Waals surface area contributed by atoms with Crippen molar-refractivity contribution in [3.8, 4) is 0 Å². The zero-order valence-corrected chi connectivity index (χ0v) is 26.4. The summed E-state index contributed by atoms with van der Waals surface area (Å²) in [4.78, 5) is 2.41. The molecule has 230 valence electrons. The lowest BCUT2D eigenvalue weighted by Crippen LogP contribution is -2.28. The van der Waals surface area contributed by atoms with Gasteiger partial charge in [-0.2, -0.15) is 0 Å². The largest absolute Gasteiger partial charge is 0.396 e. The van der Waals surface area contributed by atoms with Gasteiger partial charge >= 0.3 is 0 Å². The molecule has 0 aliphatic rings. The van der Waals surface area contributed by atoms with E-state index < -0.39 is 0 Å². The Kier molecular flexibility index (Phi) is 34.8. The molecule has 0 aromatic rings. The molecule has 0 radical (unpaired) electrons. The van der Waals surface area contributed by atoms with Crippen LogP contribution in [0.15, 0.2) is 0 Å². The Bertz CT molecular complexity index is 395. The molecule has 0 spiro atoms. The van der Waals surface area contributed by atoms with Crippen LogP contribution in [0.25, 0.3) is 0 Å². The average molecular weight is 540 g/mol. The predicted molar refractivity (Wildman–Crippen MR) is 170 cm³/mol. The second kappa shape index (κ2) is 34.9. The van der Waals surface area contributed by atoms with Gasteiger partial charge in [0, 0.05) is 26.3 Å². The number of nitrogens with zero attached hydrogens (tertiary/aromatic N) is 1. The van der Waals surface area contributed by atoms with E-state index in [9.17, 15) is 0 Å². The van der Waals surface area contributed by atoms with Gasteiger partial charge in [-0.3, -0.25) is 0 Å². The lowest BCUT2D eigenvalue weighted by atomic mass is 10.0. The summed E-state index contributed by atoms with van der Waals surface area (Å²) in [6, 6.07) is 0. The third-order valence-electron chi connectivity index (χ3n) is 8.34. The van der Waals surface area contributed by atoms with Crippen molar-refractivity contribution in [3.05, 3.63) is 0 Å². The smallest absolute Gasteiger partial charge is 0.0443 e. The maximum absolute atomic E-state index is 9.04. The molecule has 3 nitrogen and oxygen atoms in total. The molecule has 0 unspecified atom stereocenters. The topological polar surface area (TPSA) is 43.7 Å². The quantitative estimate of drug-likeness (QED) is 0.0799. The van der Waals surface area contributed by atoms with Gasteiger partial charge < -0.3 is 15.1 Å². The molecule has 0 saturated heterocycles. The van der Waals surface area contributed by atoms with Gasteiger partial charge in [0.15, 0.2) is 0 Å². The molecule has 0 aliphatic heterocycles. The van der Waals surface area contributed by atoms with Gasteiger partial charge in [0.2, 0.25) is 0 Å². The minimum absolute atomic E-state index is 0.273. The number of unbranched alkanes of at least 4 members (excludes halogenated alkanes) is 26. The molecule has 0 aliphatic carbocycles. The van der Waals surface area contributed by atoms with Crippen molar-refractivity contribution in [2.45, 2.75) is 193 Å². The van der Waals surface area contributed by atoms with Crippen LogP contribution in [-0.2, 0) is 0 Å². The first-order valence-corrected chi connectivity index (χ1v) is 17.8. The second-order valence-electron chi connectivity index (χ2n) is 12.2. The van der Waals surface area contributed by atoms with Crippen LogP contribution < -0.4 is 0 Å². The first-order chi connectivity index (χ1) is 18.8. The van der Waals surface area contributed by atoms with Crippen molar-refractivity contribution in [1.29, 1.82) is 0 Å². The molecular weight excluding hydrogens is 466 g/mol. The summed E-state index contributed by atoms with van der Waals surface area (Å²) in [5, 5.41) is 18.1. The predicted octanol–water partition coefficient (Wildman–Crippen LogP) is 10.6. The fraction of sp³-hybridized carbons (Fsp3) is 1.00.